The summed E-state index contributed by atoms with van der Waals surface area (Å²) in [6.45, 7) is 2.74. The van der Waals surface area contributed by atoms with Gasteiger partial charge in [-0.3, -0.25) is 0 Å². The molecular weight excluding hydrogens is 224 g/mol. The van der Waals surface area contributed by atoms with Crippen molar-refractivity contribution in [2.75, 3.05) is 20.8 Å². The molecule has 0 saturated carbocycles. The molecule has 0 spiro atoms. The van der Waals surface area contributed by atoms with Crippen LogP contribution in [0.5, 0.6) is 0 Å². The van der Waals surface area contributed by atoms with Crippen molar-refractivity contribution in [2.24, 2.45) is 5.73 Å². The third-order valence-electron chi connectivity index (χ3n) is 2.72. The monoisotopic (exact) mass is 248 g/mol. The molecule has 0 aliphatic heterocycles. The number of urea groups is 1. The lowest BCUT2D eigenvalue weighted by Gasteiger charge is -2.22. The van der Waals surface area contributed by atoms with E-state index in [1.54, 1.807) is 14.2 Å². The van der Waals surface area contributed by atoms with Crippen LogP contribution in [-0.2, 0) is 8.85 Å². The summed E-state index contributed by atoms with van der Waals surface area (Å²) in [5, 5.41) is 2.57. The van der Waals surface area contributed by atoms with Gasteiger partial charge in [-0.15, -0.1) is 0 Å². The summed E-state index contributed by atoms with van der Waals surface area (Å²) < 4.78 is 10.8. The zero-order valence-corrected chi connectivity index (χ0v) is 11.5. The quantitative estimate of drug-likeness (QED) is 0.480. The highest BCUT2D eigenvalue weighted by Gasteiger charge is 2.27. The molecule has 0 rings (SSSR count). The molecule has 0 heterocycles. The first-order valence-electron chi connectivity index (χ1n) is 5.67. The Morgan fingerprint density at radius 2 is 1.75 bits per heavy atom. The highest BCUT2D eigenvalue weighted by molar-refractivity contribution is 6.65. The van der Waals surface area contributed by atoms with Gasteiger partial charge in [0.15, 0.2) is 0 Å². The predicted molar refractivity (Wildman–Crippen MR) is 66.5 cm³/mol. The molecule has 16 heavy (non-hydrogen) atoms. The van der Waals surface area contributed by atoms with Crippen LogP contribution in [0.25, 0.3) is 0 Å². The van der Waals surface area contributed by atoms with E-state index in [4.69, 9.17) is 14.6 Å². The molecule has 0 bridgehead atoms. The van der Waals surface area contributed by atoms with Crippen molar-refractivity contribution >= 4 is 14.6 Å². The first kappa shape index (κ1) is 15.4. The Bertz CT molecular complexity index is 199. The molecule has 0 aromatic rings. The van der Waals surface area contributed by atoms with Gasteiger partial charge in [0, 0.05) is 20.8 Å². The van der Waals surface area contributed by atoms with Crippen LogP contribution in [0.4, 0.5) is 4.79 Å². The SMILES string of the molecule is CO[Si](C)(CCCCCCNC(N)=O)OC. The Morgan fingerprint density at radius 1 is 1.19 bits per heavy atom. The Hall–Kier alpha value is -0.593. The van der Waals surface area contributed by atoms with Crippen molar-refractivity contribution < 1.29 is 13.6 Å². The zero-order valence-electron chi connectivity index (χ0n) is 10.5. The third kappa shape index (κ3) is 7.67. The lowest BCUT2D eigenvalue weighted by atomic mass is 10.2. The second-order valence-corrected chi connectivity index (χ2v) is 7.58. The number of hydrogen-bond acceptors (Lipinski definition) is 3. The highest BCUT2D eigenvalue weighted by atomic mass is 28.4. The molecule has 0 aliphatic carbocycles. The summed E-state index contributed by atoms with van der Waals surface area (Å²) in [4.78, 5) is 10.4. The van der Waals surface area contributed by atoms with E-state index in [1.807, 2.05) is 0 Å². The van der Waals surface area contributed by atoms with E-state index in [1.165, 1.54) is 0 Å². The summed E-state index contributed by atoms with van der Waals surface area (Å²) in [6.07, 6.45) is 4.32. The Morgan fingerprint density at radius 3 is 2.25 bits per heavy atom. The van der Waals surface area contributed by atoms with Crippen LogP contribution in [-0.4, -0.2) is 35.4 Å². The molecule has 5 nitrogen and oxygen atoms in total. The number of primary amides is 1. The lowest BCUT2D eigenvalue weighted by molar-refractivity contribution is 0.248. The van der Waals surface area contributed by atoms with Crippen LogP contribution >= 0.6 is 0 Å². The van der Waals surface area contributed by atoms with Gasteiger partial charge < -0.3 is 19.9 Å². The lowest BCUT2D eigenvalue weighted by Crippen LogP contribution is -2.35. The largest absolute Gasteiger partial charge is 0.398 e. The number of unbranched alkanes of at least 4 members (excludes halogenated alkanes) is 3. The summed E-state index contributed by atoms with van der Waals surface area (Å²) >= 11 is 0. The summed E-state index contributed by atoms with van der Waals surface area (Å²) in [5.41, 5.74) is 4.95. The topological polar surface area (TPSA) is 73.6 Å². The van der Waals surface area contributed by atoms with Crippen LogP contribution in [0, 0.1) is 0 Å². The molecule has 3 N–H and O–H groups in total. The molecular formula is C10H24N2O3Si. The molecule has 0 aromatic carbocycles. The summed E-state index contributed by atoms with van der Waals surface area (Å²) in [6, 6.07) is 0.572. The van der Waals surface area contributed by atoms with E-state index in [0.717, 1.165) is 31.7 Å². The van der Waals surface area contributed by atoms with Gasteiger partial charge in [-0.2, -0.15) is 0 Å². The minimum atomic E-state index is -1.87. The predicted octanol–water partition coefficient (Wildman–Crippen LogP) is 1.58. The standard InChI is InChI=1S/C10H24N2O3Si/c1-14-16(3,15-2)9-7-5-4-6-8-12-10(11)13/h4-9H2,1-3H3,(H3,11,12,13). The molecule has 96 valence electrons. The molecule has 0 aromatic heterocycles. The second-order valence-electron chi connectivity index (χ2n) is 4.00. The van der Waals surface area contributed by atoms with Gasteiger partial charge >= 0.3 is 14.6 Å². The number of rotatable bonds is 9. The fraction of sp³-hybridized carbons (Fsp3) is 0.900. The smallest absolute Gasteiger partial charge is 0.334 e. The van der Waals surface area contributed by atoms with E-state index in [0.29, 0.717) is 6.54 Å². The third-order valence-corrected chi connectivity index (χ3v) is 5.71. The minimum Gasteiger partial charge on any atom is -0.398 e. The van der Waals surface area contributed by atoms with Crippen LogP contribution < -0.4 is 11.1 Å². The first-order valence-corrected chi connectivity index (χ1v) is 8.20. The van der Waals surface area contributed by atoms with Gasteiger partial charge in [0.1, 0.15) is 0 Å². The zero-order chi connectivity index (χ0) is 12.4. The maximum absolute atomic E-state index is 10.4. The van der Waals surface area contributed by atoms with Gasteiger partial charge in [0.25, 0.3) is 0 Å². The van der Waals surface area contributed by atoms with Crippen molar-refractivity contribution in [1.29, 1.82) is 0 Å². The van der Waals surface area contributed by atoms with Crippen molar-refractivity contribution in [1.82, 2.24) is 5.32 Å². The number of nitrogens with two attached hydrogens (primary N) is 1. The van der Waals surface area contributed by atoms with Crippen LogP contribution in [0.2, 0.25) is 12.6 Å². The van der Waals surface area contributed by atoms with Crippen molar-refractivity contribution in [3.8, 4) is 0 Å². The molecule has 0 unspecified atom stereocenters. The Kier molecular flexibility index (Phi) is 8.23. The number of carbonyl (C=O) groups excluding carboxylic acids is 1. The van der Waals surface area contributed by atoms with Crippen molar-refractivity contribution in [3.05, 3.63) is 0 Å². The molecule has 0 atom stereocenters. The van der Waals surface area contributed by atoms with E-state index in [-0.39, 0.29) is 0 Å². The van der Waals surface area contributed by atoms with Crippen molar-refractivity contribution in [3.63, 3.8) is 0 Å². The van der Waals surface area contributed by atoms with Gasteiger partial charge in [0.2, 0.25) is 0 Å². The maximum atomic E-state index is 10.4. The average molecular weight is 248 g/mol. The summed E-state index contributed by atoms with van der Waals surface area (Å²) in [5.74, 6) is 0. The maximum Gasteiger partial charge on any atom is 0.334 e. The number of nitrogens with one attached hydrogen (secondary N) is 1. The van der Waals surface area contributed by atoms with Gasteiger partial charge in [0.05, 0.1) is 0 Å². The molecule has 0 aliphatic rings. The first-order chi connectivity index (χ1) is 7.54. The normalized spacial score (nSPS) is 11.4. The van der Waals surface area contributed by atoms with E-state index >= 15 is 0 Å². The number of hydrogen-bond donors (Lipinski definition) is 2. The minimum absolute atomic E-state index is 0.446. The molecule has 0 saturated heterocycles. The van der Waals surface area contributed by atoms with Crippen molar-refractivity contribution in [2.45, 2.75) is 38.3 Å². The van der Waals surface area contributed by atoms with Crippen LogP contribution in [0.3, 0.4) is 0 Å². The molecule has 0 fully saturated rings. The van der Waals surface area contributed by atoms with E-state index in [9.17, 15) is 4.79 Å². The van der Waals surface area contributed by atoms with Gasteiger partial charge in [-0.1, -0.05) is 19.3 Å². The molecule has 2 amide bonds. The fourth-order valence-corrected chi connectivity index (χ4v) is 2.89. The fourth-order valence-electron chi connectivity index (χ4n) is 1.42. The van der Waals surface area contributed by atoms with E-state index in [2.05, 4.69) is 11.9 Å². The second kappa shape index (κ2) is 8.55. The van der Waals surface area contributed by atoms with Crippen LogP contribution in [0.15, 0.2) is 0 Å². The number of carbonyl (C=O) groups is 1. The number of amides is 2. The average Bonchev–Trinajstić information content (AvgIpc) is 2.27. The highest BCUT2D eigenvalue weighted by Crippen LogP contribution is 2.16. The van der Waals surface area contributed by atoms with E-state index < -0.39 is 14.6 Å². The Labute approximate surface area is 98.9 Å². The molecule has 0 radical (unpaired) electrons. The summed E-state index contributed by atoms with van der Waals surface area (Å²) in [7, 11) is 1.56. The van der Waals surface area contributed by atoms with Gasteiger partial charge in [-0.05, 0) is 19.0 Å². The van der Waals surface area contributed by atoms with Gasteiger partial charge in [-0.25, -0.2) is 4.79 Å². The Balaban J connectivity index is 3.36. The molecule has 6 heteroatoms. The van der Waals surface area contributed by atoms with Crippen LogP contribution in [0.1, 0.15) is 25.7 Å².